The molecule has 1 aliphatic carbocycles. The summed E-state index contributed by atoms with van der Waals surface area (Å²) in [6.07, 6.45) is 2.74. The Kier molecular flexibility index (Phi) is 7.35. The van der Waals surface area contributed by atoms with Crippen molar-refractivity contribution in [2.45, 2.75) is 64.6 Å². The largest absolute Gasteiger partial charge is 0.476 e. The lowest BCUT2D eigenvalue weighted by Crippen LogP contribution is -2.28. The molecule has 0 unspecified atom stereocenters. The van der Waals surface area contributed by atoms with Crippen molar-refractivity contribution in [1.29, 1.82) is 0 Å². The van der Waals surface area contributed by atoms with Gasteiger partial charge in [-0.25, -0.2) is 14.6 Å². The fourth-order valence-corrected chi connectivity index (χ4v) is 4.54. The predicted octanol–water partition coefficient (Wildman–Crippen LogP) is 5.88. The van der Waals surface area contributed by atoms with Crippen LogP contribution < -0.4 is 10.1 Å². The van der Waals surface area contributed by atoms with E-state index in [0.717, 1.165) is 46.8 Å². The highest BCUT2D eigenvalue weighted by Gasteiger charge is 2.66. The zero-order valence-electron chi connectivity index (χ0n) is 22.4. The van der Waals surface area contributed by atoms with Gasteiger partial charge in [0.15, 0.2) is 5.76 Å². The molecule has 1 fully saturated rings. The molecule has 12 heteroatoms. The van der Waals surface area contributed by atoms with Crippen molar-refractivity contribution in [2.75, 3.05) is 11.9 Å². The summed E-state index contributed by atoms with van der Waals surface area (Å²) in [5, 5.41) is 10.9. The first kappa shape index (κ1) is 27.4. The van der Waals surface area contributed by atoms with E-state index in [-0.39, 0.29) is 24.4 Å². The fourth-order valence-electron chi connectivity index (χ4n) is 4.54. The van der Waals surface area contributed by atoms with Crippen LogP contribution in [0.3, 0.4) is 0 Å². The van der Waals surface area contributed by atoms with Crippen molar-refractivity contribution in [3.05, 3.63) is 65.4 Å². The van der Waals surface area contributed by atoms with E-state index >= 15 is 0 Å². The van der Waals surface area contributed by atoms with Gasteiger partial charge in [-0.05, 0) is 50.3 Å². The van der Waals surface area contributed by atoms with Crippen LogP contribution in [0, 0.1) is 13.8 Å². The number of ether oxygens (including phenoxy) is 1. The van der Waals surface area contributed by atoms with Gasteiger partial charge in [0.2, 0.25) is 11.8 Å². The molecule has 40 heavy (non-hydrogen) atoms. The summed E-state index contributed by atoms with van der Waals surface area (Å²) < 4.78 is 49.7. The smallest absolute Gasteiger partial charge is 0.401 e. The van der Waals surface area contributed by atoms with Gasteiger partial charge in [-0.2, -0.15) is 18.3 Å². The molecule has 4 heterocycles. The van der Waals surface area contributed by atoms with Crippen molar-refractivity contribution >= 4 is 17.4 Å². The molecule has 0 amide bonds. The number of nitrogens with one attached hydrogen (secondary N) is 1. The van der Waals surface area contributed by atoms with Crippen molar-refractivity contribution in [2.24, 2.45) is 0 Å². The quantitative estimate of drug-likeness (QED) is 0.315. The van der Waals surface area contributed by atoms with Gasteiger partial charge in [0.05, 0.1) is 18.5 Å². The van der Waals surface area contributed by atoms with Crippen LogP contribution in [0.4, 0.5) is 24.8 Å². The summed E-state index contributed by atoms with van der Waals surface area (Å²) in [6, 6.07) is 7.42. The highest BCUT2D eigenvalue weighted by atomic mass is 19.4. The predicted molar refractivity (Wildman–Crippen MR) is 140 cm³/mol. The molecule has 210 valence electrons. The van der Waals surface area contributed by atoms with Crippen molar-refractivity contribution in [3.8, 4) is 17.0 Å². The summed E-state index contributed by atoms with van der Waals surface area (Å²) in [6.45, 7) is 6.78. The van der Waals surface area contributed by atoms with Crippen LogP contribution in [-0.2, 0) is 23.2 Å². The van der Waals surface area contributed by atoms with E-state index in [1.54, 1.807) is 32.4 Å². The summed E-state index contributed by atoms with van der Waals surface area (Å²) in [5.74, 6) is 1.34. The zero-order valence-corrected chi connectivity index (χ0v) is 22.4. The van der Waals surface area contributed by atoms with Crippen LogP contribution in [-0.4, -0.2) is 43.5 Å². The number of aromatic nitrogens is 5. The van der Waals surface area contributed by atoms with Gasteiger partial charge >= 0.3 is 6.18 Å². The molecular formula is C28H29F3N6O3. The number of anilines is 2. The number of carbonyl (C=O) groups excluding carboxylic acids is 1. The number of Topliss-reactive ketones (excluding diaryl/α,β-unsaturated/α-hetero) is 1. The molecule has 0 bridgehead atoms. The van der Waals surface area contributed by atoms with Crippen LogP contribution >= 0.6 is 0 Å². The Bertz CT molecular complexity index is 1510. The van der Waals surface area contributed by atoms with E-state index < -0.39 is 11.6 Å². The van der Waals surface area contributed by atoms with Gasteiger partial charge in [0.1, 0.15) is 16.9 Å². The number of carbonyl (C=O) groups is 1. The Morgan fingerprint density at radius 3 is 2.45 bits per heavy atom. The van der Waals surface area contributed by atoms with Crippen molar-refractivity contribution in [1.82, 2.24) is 24.9 Å². The maximum Gasteiger partial charge on any atom is 0.401 e. The van der Waals surface area contributed by atoms with Crippen molar-refractivity contribution in [3.63, 3.8) is 0 Å². The minimum absolute atomic E-state index is 0.0440. The number of alkyl halides is 3. The number of hydrogen-bond donors (Lipinski definition) is 1. The molecule has 6 rings (SSSR count). The fraction of sp³-hybridized carbons (Fsp3) is 0.393. The number of ketones is 1. The normalized spacial score (nSPS) is 15.3. The standard InChI is InChI=1S/C20H21N5O2.C8H8F3NO/c1-13-8-16(5-4-15(13)9-14(2)26)17-10-21-20(22-11-17)24-18-12-23-25-6-3-7-27-19(18)25;1-5-4-6(13-12-5)7(2-3-7)8(9,10)11/h4-5,8,10-12H,3,6-7,9H2,1-2H3,(H,21,22,24);4H,2-3H2,1H3. The highest BCUT2D eigenvalue weighted by Crippen LogP contribution is 2.58. The Morgan fingerprint density at radius 2 is 1.85 bits per heavy atom. The first-order valence-electron chi connectivity index (χ1n) is 12.9. The molecule has 0 atom stereocenters. The van der Waals surface area contributed by atoms with Gasteiger partial charge < -0.3 is 14.6 Å². The SMILES string of the molecule is CC(=O)Cc1ccc(-c2cnc(Nc3cnn4c3OCCC4)nc2)cc1C.Cc1cc(C2(C(F)(F)F)CC2)on1. The third kappa shape index (κ3) is 5.70. The maximum absolute atomic E-state index is 12.5. The van der Waals surface area contributed by atoms with E-state index in [9.17, 15) is 18.0 Å². The molecule has 1 N–H and O–H groups in total. The molecule has 0 saturated heterocycles. The molecule has 3 aromatic heterocycles. The number of fused-ring (bicyclic) bond motifs is 1. The Morgan fingerprint density at radius 1 is 1.10 bits per heavy atom. The van der Waals surface area contributed by atoms with Gasteiger partial charge in [0.25, 0.3) is 0 Å². The van der Waals surface area contributed by atoms with Gasteiger partial charge in [-0.15, -0.1) is 0 Å². The molecule has 1 aromatic carbocycles. The molecule has 4 aromatic rings. The Balaban J connectivity index is 0.000000207. The second-order valence-corrected chi connectivity index (χ2v) is 10.1. The second-order valence-electron chi connectivity index (χ2n) is 10.1. The molecule has 0 radical (unpaired) electrons. The van der Waals surface area contributed by atoms with E-state index in [4.69, 9.17) is 4.74 Å². The van der Waals surface area contributed by atoms with Crippen LogP contribution in [0.5, 0.6) is 5.88 Å². The Hall–Kier alpha value is -4.22. The molecule has 0 spiro atoms. The lowest BCUT2D eigenvalue weighted by Gasteiger charge is -2.16. The number of nitrogens with zero attached hydrogens (tertiary/aromatic N) is 5. The lowest BCUT2D eigenvalue weighted by atomic mass is 9.99. The van der Waals surface area contributed by atoms with Crippen LogP contribution in [0.25, 0.3) is 11.1 Å². The highest BCUT2D eigenvalue weighted by molar-refractivity contribution is 5.79. The number of rotatable bonds is 6. The molecule has 1 aliphatic heterocycles. The van der Waals surface area contributed by atoms with E-state index in [2.05, 4.69) is 36.1 Å². The third-order valence-electron chi connectivity index (χ3n) is 6.95. The monoisotopic (exact) mass is 554 g/mol. The first-order valence-corrected chi connectivity index (χ1v) is 12.9. The maximum atomic E-state index is 12.5. The number of halogens is 3. The zero-order chi connectivity index (χ0) is 28.5. The van der Waals surface area contributed by atoms with E-state index in [0.29, 0.717) is 24.7 Å². The average molecular weight is 555 g/mol. The summed E-state index contributed by atoms with van der Waals surface area (Å²) in [5.41, 5.74) is 3.63. The summed E-state index contributed by atoms with van der Waals surface area (Å²) >= 11 is 0. The van der Waals surface area contributed by atoms with E-state index in [1.165, 1.54) is 6.07 Å². The van der Waals surface area contributed by atoms with Crippen LogP contribution in [0.2, 0.25) is 0 Å². The van der Waals surface area contributed by atoms with Gasteiger partial charge in [-0.1, -0.05) is 23.4 Å². The topological polar surface area (TPSA) is 108 Å². The summed E-state index contributed by atoms with van der Waals surface area (Å²) in [4.78, 5) is 20.2. The molecule has 1 saturated carbocycles. The number of aryl methyl sites for hydroxylation is 3. The van der Waals surface area contributed by atoms with Crippen LogP contribution in [0.1, 0.15) is 48.8 Å². The average Bonchev–Trinajstić information content (AvgIpc) is 3.49. The minimum Gasteiger partial charge on any atom is -0.476 e. The lowest BCUT2D eigenvalue weighted by molar-refractivity contribution is -0.165. The molecule has 2 aliphatic rings. The van der Waals surface area contributed by atoms with E-state index in [1.807, 2.05) is 23.7 Å². The minimum atomic E-state index is -4.21. The molecule has 9 nitrogen and oxygen atoms in total. The summed E-state index contributed by atoms with van der Waals surface area (Å²) in [7, 11) is 0. The number of hydrogen-bond acceptors (Lipinski definition) is 8. The van der Waals surface area contributed by atoms with Gasteiger partial charge in [-0.3, -0.25) is 4.79 Å². The Labute approximate surface area is 228 Å². The number of benzene rings is 1. The van der Waals surface area contributed by atoms with Crippen molar-refractivity contribution < 1.29 is 27.2 Å². The third-order valence-corrected chi connectivity index (χ3v) is 6.95. The second kappa shape index (κ2) is 10.7. The molecular weight excluding hydrogens is 525 g/mol. The van der Waals surface area contributed by atoms with Gasteiger partial charge in [0, 0.05) is 43.4 Å². The van der Waals surface area contributed by atoms with Crippen LogP contribution in [0.15, 0.2) is 47.4 Å². The first-order chi connectivity index (χ1) is 19.1.